The van der Waals surface area contributed by atoms with Crippen LogP contribution in [-0.4, -0.2) is 35.0 Å². The lowest BCUT2D eigenvalue weighted by Gasteiger charge is -2.60. The number of fused-ring (bicyclic) bond motifs is 5. The van der Waals surface area contributed by atoms with Crippen molar-refractivity contribution in [3.8, 4) is 0 Å². The van der Waals surface area contributed by atoms with Gasteiger partial charge in [0, 0.05) is 66.8 Å². The maximum Gasteiger partial charge on any atom is 0.261 e. The Labute approximate surface area is 396 Å². The molecule has 4 heterocycles. The minimum atomic E-state index is -1.52. The van der Waals surface area contributed by atoms with Gasteiger partial charge in [0.2, 0.25) is 11.6 Å². The molecule has 4 aliphatic heterocycles. The Morgan fingerprint density at radius 2 is 0.727 bits per heavy atom. The number of carbonyl (C=O) groups is 2. The van der Waals surface area contributed by atoms with Crippen LogP contribution in [0, 0.1) is 43.3 Å². The van der Waals surface area contributed by atoms with E-state index in [0.29, 0.717) is 34.4 Å². The van der Waals surface area contributed by atoms with Crippen LogP contribution in [0.2, 0.25) is 0 Å². The second kappa shape index (κ2) is 15.1. The third-order valence-corrected chi connectivity index (χ3v) is 13.1. The van der Waals surface area contributed by atoms with Crippen LogP contribution in [0.1, 0.15) is 166 Å². The molecule has 2 amide bonds. The lowest BCUT2D eigenvalue weighted by molar-refractivity contribution is -0.399. The number of ether oxygens (including phenoxy) is 6. The van der Waals surface area contributed by atoms with Crippen molar-refractivity contribution in [1.82, 2.24) is 0 Å². The van der Waals surface area contributed by atoms with E-state index in [4.69, 9.17) is 28.4 Å². The minimum Gasteiger partial charge on any atom is -0.461 e. The van der Waals surface area contributed by atoms with Crippen LogP contribution in [0.25, 0.3) is 10.8 Å². The number of anilines is 2. The molecule has 0 saturated carbocycles. The van der Waals surface area contributed by atoms with Gasteiger partial charge in [-0.2, -0.15) is 0 Å². The number of allylic oxidation sites excluding steroid dienone is 4. The van der Waals surface area contributed by atoms with Gasteiger partial charge < -0.3 is 29.6 Å². The number of hydrogen-bond acceptors (Lipinski definition) is 8. The summed E-state index contributed by atoms with van der Waals surface area (Å²) >= 11 is 0. The Bertz CT molecular complexity index is 2280. The van der Waals surface area contributed by atoms with Gasteiger partial charge in [0.15, 0.2) is 0 Å². The molecule has 2 aromatic carbocycles. The molecule has 2 aromatic rings. The highest BCUT2D eigenvalue weighted by Crippen LogP contribution is 2.62. The summed E-state index contributed by atoms with van der Waals surface area (Å²) in [4.78, 5) is 30.3. The van der Waals surface area contributed by atoms with Gasteiger partial charge in [0.1, 0.15) is 34.2 Å². The predicted molar refractivity (Wildman–Crippen MR) is 264 cm³/mol. The summed E-state index contributed by atoms with van der Waals surface area (Å²) in [5.41, 5.74) is -2.96. The maximum absolute atomic E-state index is 15.2. The normalized spacial score (nSPS) is 26.7. The second-order valence-corrected chi connectivity index (χ2v) is 27.3. The smallest absolute Gasteiger partial charge is 0.261 e. The topological polar surface area (TPSA) is 114 Å². The summed E-state index contributed by atoms with van der Waals surface area (Å²) in [5, 5.41) is 8.14. The van der Waals surface area contributed by atoms with Gasteiger partial charge >= 0.3 is 0 Å². The van der Waals surface area contributed by atoms with E-state index in [1.807, 2.05) is 132 Å². The molecule has 364 valence electrons. The molecular weight excluding hydrogens is 829 g/mol. The molecule has 0 saturated heterocycles. The first kappa shape index (κ1) is 51.1. The average Bonchev–Trinajstić information content (AvgIpc) is 3.10. The lowest BCUT2D eigenvalue weighted by atomic mass is 9.71. The summed E-state index contributed by atoms with van der Waals surface area (Å²) in [6.45, 7) is 49.5. The third kappa shape index (κ3) is 8.49. The molecule has 0 aliphatic carbocycles. The Morgan fingerprint density at radius 3 is 0.985 bits per heavy atom. The van der Waals surface area contributed by atoms with Crippen molar-refractivity contribution in [3.63, 3.8) is 0 Å². The van der Waals surface area contributed by atoms with Gasteiger partial charge in [-0.3, -0.25) is 19.1 Å². The zero-order chi connectivity index (χ0) is 50.2. The number of hydrogen-bond donors (Lipinski definition) is 2. The SMILES string of the molecule is CC(C)(C)C1=CC2(C(C)(C)C)OC(C(C)(C)C)=C(C(=O)Nc3ccc4ccc(NC(=O)C5=C(C(C)(C)C)OC6(C(C)(C)C)C=C(C(C)(C)C)OC5(C(C)(C)C)O6)cc4c3)C(C(C)(C)C)(O1)O2. The van der Waals surface area contributed by atoms with E-state index in [1.165, 1.54) is 0 Å². The second-order valence-electron chi connectivity index (χ2n) is 27.3. The number of nitrogens with one attached hydrogen (secondary N) is 2. The van der Waals surface area contributed by atoms with Crippen LogP contribution >= 0.6 is 0 Å². The van der Waals surface area contributed by atoms with Gasteiger partial charge in [-0.25, -0.2) is 0 Å². The van der Waals surface area contributed by atoms with Crippen molar-refractivity contribution in [2.45, 2.75) is 189 Å². The Hall–Kier alpha value is -4.28. The summed E-state index contributed by atoms with van der Waals surface area (Å²) in [5.74, 6) is -3.90. The first-order valence-corrected chi connectivity index (χ1v) is 23.7. The first-order valence-electron chi connectivity index (χ1n) is 23.7. The molecule has 10 nitrogen and oxygen atoms in total. The third-order valence-electron chi connectivity index (χ3n) is 13.1. The highest BCUT2D eigenvalue weighted by Gasteiger charge is 2.69. The summed E-state index contributed by atoms with van der Waals surface area (Å²) in [7, 11) is 0. The Kier molecular flexibility index (Phi) is 11.7. The van der Waals surface area contributed by atoms with Crippen molar-refractivity contribution in [3.05, 3.63) is 82.7 Å². The van der Waals surface area contributed by atoms with Gasteiger partial charge in [0.25, 0.3) is 23.4 Å². The van der Waals surface area contributed by atoms with Crippen molar-refractivity contribution >= 4 is 34.0 Å². The molecule has 0 aromatic heterocycles. The van der Waals surface area contributed by atoms with Crippen molar-refractivity contribution in [1.29, 1.82) is 0 Å². The van der Waals surface area contributed by atoms with E-state index in [0.717, 1.165) is 10.8 Å². The van der Waals surface area contributed by atoms with E-state index < -0.39 is 78.3 Å². The van der Waals surface area contributed by atoms with Gasteiger partial charge in [-0.05, 0) is 35.0 Å². The molecule has 66 heavy (non-hydrogen) atoms. The molecule has 0 fully saturated rings. The summed E-state index contributed by atoms with van der Waals surface area (Å²) in [6.07, 6.45) is 3.94. The number of carbonyl (C=O) groups excluding carboxylic acids is 2. The monoisotopic (exact) mass is 911 g/mol. The standard InChI is InChI=1S/C56H82N2O8/c1-45(2,3)37-31-53(49(13,14)15)63-41(47(7,8)9)39(55(61-37,65-53)51(19,20)21)43(59)57-35-27-25-33-26-28-36(30-34(33)29-35)58-44(60)40-42(48(10,11)12)64-54(50(16,17)18)32-38(46(4,5)6)62-56(40,66-54)52(22,23)24/h25-32H,1-24H3,(H,57,59)(H,58,60). The summed E-state index contributed by atoms with van der Waals surface area (Å²) in [6, 6.07) is 11.5. The van der Waals surface area contributed by atoms with Gasteiger partial charge in [-0.15, -0.1) is 0 Å². The largest absolute Gasteiger partial charge is 0.461 e. The van der Waals surface area contributed by atoms with Crippen LogP contribution in [0.15, 0.2) is 82.7 Å². The molecule has 4 atom stereocenters. The van der Waals surface area contributed by atoms with Crippen molar-refractivity contribution in [2.75, 3.05) is 10.6 Å². The highest BCUT2D eigenvalue weighted by molar-refractivity contribution is 6.08. The van der Waals surface area contributed by atoms with E-state index in [1.54, 1.807) is 0 Å². The zero-order valence-electron chi connectivity index (χ0n) is 44.9. The quantitative estimate of drug-likeness (QED) is 0.312. The molecule has 6 rings (SSSR count). The van der Waals surface area contributed by atoms with Crippen molar-refractivity contribution < 1.29 is 38.0 Å². The number of rotatable bonds is 4. The number of amides is 2. The molecule has 4 unspecified atom stereocenters. The Balaban J connectivity index is 1.44. The summed E-state index contributed by atoms with van der Waals surface area (Å²) < 4.78 is 42.5. The van der Waals surface area contributed by atoms with Crippen LogP contribution < -0.4 is 10.6 Å². The fourth-order valence-electron chi connectivity index (χ4n) is 8.75. The fraction of sp³-hybridized carbons (Fsp3) is 0.643. The molecule has 4 aliphatic rings. The van der Waals surface area contributed by atoms with Crippen LogP contribution in [-0.2, 0) is 38.0 Å². The lowest BCUT2D eigenvalue weighted by Crippen LogP contribution is -2.67. The molecule has 0 radical (unpaired) electrons. The maximum atomic E-state index is 15.2. The molecule has 0 spiro atoms. The minimum absolute atomic E-state index is 0.288. The molecular formula is C56H82N2O8. The van der Waals surface area contributed by atoms with E-state index >= 15 is 9.59 Å². The van der Waals surface area contributed by atoms with Crippen LogP contribution in [0.3, 0.4) is 0 Å². The average molecular weight is 911 g/mol. The molecule has 2 N–H and O–H groups in total. The number of benzene rings is 2. The van der Waals surface area contributed by atoms with Crippen molar-refractivity contribution in [2.24, 2.45) is 43.3 Å². The zero-order valence-corrected chi connectivity index (χ0v) is 44.9. The van der Waals surface area contributed by atoms with E-state index in [2.05, 4.69) is 93.7 Å². The van der Waals surface area contributed by atoms with Gasteiger partial charge in [-0.1, -0.05) is 178 Å². The fourth-order valence-corrected chi connectivity index (χ4v) is 8.75. The van der Waals surface area contributed by atoms with Gasteiger partial charge in [0.05, 0.1) is 0 Å². The van der Waals surface area contributed by atoms with Crippen LogP contribution in [0.5, 0.6) is 0 Å². The van der Waals surface area contributed by atoms with Crippen LogP contribution in [0.4, 0.5) is 11.4 Å². The molecule has 10 heteroatoms. The first-order chi connectivity index (χ1) is 29.4. The van der Waals surface area contributed by atoms with E-state index in [-0.39, 0.29) is 11.1 Å². The predicted octanol–water partition coefficient (Wildman–Crippen LogP) is 14.3. The molecule has 4 bridgehead atoms. The Morgan fingerprint density at radius 1 is 0.409 bits per heavy atom. The van der Waals surface area contributed by atoms with E-state index in [9.17, 15) is 0 Å². The highest BCUT2D eigenvalue weighted by atomic mass is 16.8.